The van der Waals surface area contributed by atoms with Crippen molar-refractivity contribution in [2.24, 2.45) is 0 Å². The van der Waals surface area contributed by atoms with E-state index in [1.807, 2.05) is 30.3 Å². The average Bonchev–Trinajstić information content (AvgIpc) is 3.34. The minimum atomic E-state index is -4.66. The molecule has 2 amide bonds. The van der Waals surface area contributed by atoms with E-state index in [0.717, 1.165) is 18.2 Å². The summed E-state index contributed by atoms with van der Waals surface area (Å²) < 4.78 is 62.4. The van der Waals surface area contributed by atoms with E-state index in [2.05, 4.69) is 44.5 Å². The van der Waals surface area contributed by atoms with Crippen molar-refractivity contribution < 1.29 is 31.6 Å². The SMILES string of the molecule is CC(C)(C)[Si](C)(C)OCc1nn(-c2ccccc2)c2c1[C@@H](c1ccc(F)cc1)[C@@H](NC(=O)c1cccc(C(F)(F)F)c1)C(=O)N2. The van der Waals surface area contributed by atoms with Gasteiger partial charge in [-0.25, -0.2) is 9.07 Å². The van der Waals surface area contributed by atoms with Gasteiger partial charge in [-0.05, 0) is 66.2 Å². The largest absolute Gasteiger partial charge is 0.416 e. The zero-order chi connectivity index (χ0) is 32.7. The van der Waals surface area contributed by atoms with Gasteiger partial charge in [-0.1, -0.05) is 57.2 Å². The average molecular weight is 639 g/mol. The molecular formula is C33H34F4N4O3Si. The quantitative estimate of drug-likeness (QED) is 0.163. The fourth-order valence-electron chi connectivity index (χ4n) is 5.00. The molecule has 1 aliphatic heterocycles. The van der Waals surface area contributed by atoms with Gasteiger partial charge >= 0.3 is 6.18 Å². The first-order chi connectivity index (χ1) is 21.1. The number of anilines is 1. The highest BCUT2D eigenvalue weighted by atomic mass is 28.4. The Labute approximate surface area is 259 Å². The predicted molar refractivity (Wildman–Crippen MR) is 165 cm³/mol. The standard InChI is InChI=1S/C33H34F4N4O3Si/c1-32(2,3)45(4,5)44-19-25-27-26(20-14-16-23(34)17-15-20)28(38-30(42)21-10-9-11-22(18-21)33(35,36)37)31(43)39-29(27)41(40-25)24-12-7-6-8-13-24/h6-18,26,28H,19H2,1-5H3,(H,38,42)(H,39,43)/t26-,28-/m1/s1. The Morgan fingerprint density at radius 1 is 1.00 bits per heavy atom. The fraction of sp³-hybridized carbons (Fsp3) is 0.303. The van der Waals surface area contributed by atoms with E-state index in [4.69, 9.17) is 9.52 Å². The molecule has 45 heavy (non-hydrogen) atoms. The lowest BCUT2D eigenvalue weighted by atomic mass is 9.81. The van der Waals surface area contributed by atoms with Gasteiger partial charge < -0.3 is 15.1 Å². The van der Waals surface area contributed by atoms with E-state index in [1.54, 1.807) is 4.68 Å². The summed E-state index contributed by atoms with van der Waals surface area (Å²) in [6, 6.07) is 17.4. The summed E-state index contributed by atoms with van der Waals surface area (Å²) in [5.41, 5.74) is 0.974. The minimum absolute atomic E-state index is 0.0977. The van der Waals surface area contributed by atoms with Gasteiger partial charge in [0.2, 0.25) is 5.91 Å². The number of nitrogens with one attached hydrogen (secondary N) is 2. The van der Waals surface area contributed by atoms with Gasteiger partial charge in [-0.3, -0.25) is 9.59 Å². The first-order valence-corrected chi connectivity index (χ1v) is 17.3. The highest BCUT2D eigenvalue weighted by Crippen LogP contribution is 2.43. The van der Waals surface area contributed by atoms with E-state index in [1.165, 1.54) is 30.3 Å². The molecule has 0 fully saturated rings. The molecule has 0 saturated carbocycles. The van der Waals surface area contributed by atoms with Gasteiger partial charge in [0.1, 0.15) is 17.7 Å². The van der Waals surface area contributed by atoms with Gasteiger partial charge in [0, 0.05) is 17.0 Å². The number of aromatic nitrogens is 2. The van der Waals surface area contributed by atoms with Gasteiger partial charge in [0.05, 0.1) is 23.6 Å². The van der Waals surface area contributed by atoms with E-state index in [0.29, 0.717) is 28.3 Å². The number of fused-ring (bicyclic) bond motifs is 1. The molecule has 0 radical (unpaired) electrons. The van der Waals surface area contributed by atoms with Crippen LogP contribution in [0, 0.1) is 5.82 Å². The van der Waals surface area contributed by atoms with Crippen molar-refractivity contribution in [1.82, 2.24) is 15.1 Å². The molecule has 236 valence electrons. The highest BCUT2D eigenvalue weighted by molar-refractivity contribution is 6.74. The molecule has 5 rings (SSSR count). The predicted octanol–water partition coefficient (Wildman–Crippen LogP) is 7.43. The molecule has 3 aromatic carbocycles. The molecule has 12 heteroatoms. The number of carbonyl (C=O) groups is 2. The van der Waals surface area contributed by atoms with Crippen LogP contribution in [0.2, 0.25) is 18.1 Å². The zero-order valence-corrected chi connectivity index (χ0v) is 26.5. The molecule has 0 aliphatic carbocycles. The number of rotatable bonds is 7. The van der Waals surface area contributed by atoms with Crippen LogP contribution >= 0.6 is 0 Å². The number of nitrogens with zero attached hydrogens (tertiary/aromatic N) is 2. The second-order valence-electron chi connectivity index (χ2n) is 12.6. The second kappa shape index (κ2) is 11.9. The third-order valence-electron chi connectivity index (χ3n) is 8.51. The molecule has 1 aliphatic rings. The Morgan fingerprint density at radius 3 is 2.29 bits per heavy atom. The molecule has 2 atom stereocenters. The number of carbonyl (C=O) groups excluding carboxylic acids is 2. The molecule has 7 nitrogen and oxygen atoms in total. The van der Waals surface area contributed by atoms with Crippen molar-refractivity contribution in [3.63, 3.8) is 0 Å². The summed E-state index contributed by atoms with van der Waals surface area (Å²) in [4.78, 5) is 27.2. The maximum Gasteiger partial charge on any atom is 0.416 e. The van der Waals surface area contributed by atoms with Crippen LogP contribution < -0.4 is 10.6 Å². The summed E-state index contributed by atoms with van der Waals surface area (Å²) in [5, 5.41) is 10.3. The van der Waals surface area contributed by atoms with Gasteiger partial charge in [0.25, 0.3) is 5.91 Å². The number of benzene rings is 3. The van der Waals surface area contributed by atoms with Crippen LogP contribution in [0.15, 0.2) is 78.9 Å². The number of alkyl halides is 3. The zero-order valence-electron chi connectivity index (χ0n) is 25.5. The molecule has 0 bridgehead atoms. The molecule has 0 spiro atoms. The Kier molecular flexibility index (Phi) is 8.49. The van der Waals surface area contributed by atoms with E-state index >= 15 is 0 Å². The summed E-state index contributed by atoms with van der Waals surface area (Å²) >= 11 is 0. The monoisotopic (exact) mass is 638 g/mol. The first kappa shape index (κ1) is 32.1. The first-order valence-electron chi connectivity index (χ1n) is 14.4. The fourth-order valence-corrected chi connectivity index (χ4v) is 5.93. The molecule has 1 aromatic heterocycles. The van der Waals surface area contributed by atoms with Gasteiger partial charge in [0.15, 0.2) is 8.32 Å². The van der Waals surface area contributed by atoms with Crippen molar-refractivity contribution in [1.29, 1.82) is 0 Å². The lowest BCUT2D eigenvalue weighted by Crippen LogP contribution is -2.51. The van der Waals surface area contributed by atoms with Crippen LogP contribution in [-0.2, 0) is 22.0 Å². The normalized spacial score (nSPS) is 17.0. The Bertz CT molecular complexity index is 1710. The van der Waals surface area contributed by atoms with Crippen LogP contribution in [0.1, 0.15) is 59.4 Å². The Balaban J connectivity index is 1.64. The number of amides is 2. The van der Waals surface area contributed by atoms with Crippen molar-refractivity contribution in [2.45, 2.75) is 63.6 Å². The van der Waals surface area contributed by atoms with Crippen LogP contribution in [0.5, 0.6) is 0 Å². The van der Waals surface area contributed by atoms with Crippen LogP contribution in [0.4, 0.5) is 23.4 Å². The second-order valence-corrected chi connectivity index (χ2v) is 17.4. The van der Waals surface area contributed by atoms with Crippen LogP contribution in [-0.4, -0.2) is 36.0 Å². The molecule has 4 aromatic rings. The third kappa shape index (κ3) is 6.57. The number of halogens is 4. The number of hydrogen-bond acceptors (Lipinski definition) is 4. The van der Waals surface area contributed by atoms with Gasteiger partial charge in [-0.15, -0.1) is 0 Å². The van der Waals surface area contributed by atoms with E-state index in [9.17, 15) is 27.2 Å². The molecular weight excluding hydrogens is 604 g/mol. The van der Waals surface area contributed by atoms with Crippen molar-refractivity contribution >= 4 is 25.9 Å². The maximum atomic E-state index is 14.1. The minimum Gasteiger partial charge on any atom is -0.411 e. The topological polar surface area (TPSA) is 85.2 Å². The third-order valence-corrected chi connectivity index (χ3v) is 13.0. The summed E-state index contributed by atoms with van der Waals surface area (Å²) in [7, 11) is -2.28. The molecule has 0 unspecified atom stereocenters. The maximum absolute atomic E-state index is 14.1. The summed E-state index contributed by atoms with van der Waals surface area (Å²) in [6.07, 6.45) is -4.66. The van der Waals surface area contributed by atoms with E-state index in [-0.39, 0.29) is 17.2 Å². The van der Waals surface area contributed by atoms with Gasteiger partial charge in [-0.2, -0.15) is 18.3 Å². The summed E-state index contributed by atoms with van der Waals surface area (Å²) in [5.74, 6) is -2.49. The Hall–Kier alpha value is -4.29. The lowest BCUT2D eigenvalue weighted by Gasteiger charge is -2.36. The number of hydrogen-bond donors (Lipinski definition) is 2. The van der Waals surface area contributed by atoms with E-state index < -0.39 is 49.6 Å². The highest BCUT2D eigenvalue weighted by Gasteiger charge is 2.44. The molecule has 2 heterocycles. The smallest absolute Gasteiger partial charge is 0.411 e. The lowest BCUT2D eigenvalue weighted by molar-refractivity contribution is -0.137. The molecule has 2 N–H and O–H groups in total. The van der Waals surface area contributed by atoms with Crippen molar-refractivity contribution in [2.75, 3.05) is 5.32 Å². The number of para-hydroxylation sites is 1. The summed E-state index contributed by atoms with van der Waals surface area (Å²) in [6.45, 7) is 10.6. The van der Waals surface area contributed by atoms with Crippen LogP contribution in [0.3, 0.4) is 0 Å². The molecule has 0 saturated heterocycles. The van der Waals surface area contributed by atoms with Crippen molar-refractivity contribution in [3.8, 4) is 5.69 Å². The Morgan fingerprint density at radius 2 is 1.67 bits per heavy atom. The van der Waals surface area contributed by atoms with Crippen molar-refractivity contribution in [3.05, 3.63) is 113 Å². The van der Waals surface area contributed by atoms with Crippen LogP contribution in [0.25, 0.3) is 5.69 Å².